The van der Waals surface area contributed by atoms with E-state index >= 15 is 0 Å². The van der Waals surface area contributed by atoms with Gasteiger partial charge in [-0.3, -0.25) is 9.78 Å². The number of H-pyrrole nitrogens is 1. The molecule has 5 heteroatoms. The molecule has 0 spiro atoms. The van der Waals surface area contributed by atoms with Crippen LogP contribution in [0, 0.1) is 0 Å². The highest BCUT2D eigenvalue weighted by Gasteiger charge is 2.26. The third-order valence-corrected chi connectivity index (χ3v) is 4.06. The van der Waals surface area contributed by atoms with E-state index in [1.807, 2.05) is 24.3 Å². The van der Waals surface area contributed by atoms with Gasteiger partial charge >= 0.3 is 0 Å². The maximum atomic E-state index is 11.9. The zero-order valence-electron chi connectivity index (χ0n) is 11.1. The van der Waals surface area contributed by atoms with Crippen molar-refractivity contribution in [2.45, 2.75) is 18.8 Å². The molecule has 1 saturated carbocycles. The molecule has 4 nitrogen and oxygen atoms in total. The molecule has 21 heavy (non-hydrogen) atoms. The summed E-state index contributed by atoms with van der Waals surface area (Å²) in [7, 11) is 0. The number of pyridine rings is 1. The maximum absolute atomic E-state index is 11.9. The van der Waals surface area contributed by atoms with Gasteiger partial charge in [-0.05, 0) is 37.1 Å². The third-order valence-electron chi connectivity index (χ3n) is 3.73. The molecular weight excluding hydrogens is 286 g/mol. The molecule has 0 atom stereocenters. The molecule has 1 N–H and O–H groups in total. The SMILES string of the molecule is O=c1cc(C2CC2)nc(-c2ccc(Cl)c3cccnc23)[nH]1. The summed E-state index contributed by atoms with van der Waals surface area (Å²) in [5.41, 5.74) is 2.30. The molecule has 0 unspecified atom stereocenters. The molecule has 0 saturated heterocycles. The van der Waals surface area contributed by atoms with Crippen molar-refractivity contribution in [3.63, 3.8) is 0 Å². The lowest BCUT2D eigenvalue weighted by molar-refractivity contribution is 0.977. The van der Waals surface area contributed by atoms with Crippen LogP contribution in [0.15, 0.2) is 41.3 Å². The van der Waals surface area contributed by atoms with Crippen molar-refractivity contribution >= 4 is 22.5 Å². The second-order valence-corrected chi connectivity index (χ2v) is 5.69. The highest BCUT2D eigenvalue weighted by atomic mass is 35.5. The van der Waals surface area contributed by atoms with Crippen molar-refractivity contribution < 1.29 is 0 Å². The van der Waals surface area contributed by atoms with Gasteiger partial charge in [0.05, 0.1) is 16.2 Å². The Morgan fingerprint density at radius 1 is 1.24 bits per heavy atom. The number of nitrogens with one attached hydrogen (secondary N) is 1. The minimum Gasteiger partial charge on any atom is -0.306 e. The van der Waals surface area contributed by atoms with E-state index in [2.05, 4.69) is 15.0 Å². The molecule has 1 aliphatic rings. The molecule has 0 amide bonds. The molecular formula is C16H12ClN3O. The fraction of sp³-hybridized carbons (Fsp3) is 0.188. The average Bonchev–Trinajstić information content (AvgIpc) is 3.32. The van der Waals surface area contributed by atoms with Gasteiger partial charge in [0.2, 0.25) is 0 Å². The zero-order chi connectivity index (χ0) is 14.4. The maximum Gasteiger partial charge on any atom is 0.251 e. The Hall–Kier alpha value is -2.20. The summed E-state index contributed by atoms with van der Waals surface area (Å²) in [6, 6.07) is 9.01. The van der Waals surface area contributed by atoms with Gasteiger partial charge in [0.25, 0.3) is 5.56 Å². The molecule has 4 rings (SSSR count). The van der Waals surface area contributed by atoms with Crippen LogP contribution < -0.4 is 5.56 Å². The molecule has 2 heterocycles. The summed E-state index contributed by atoms with van der Waals surface area (Å²) >= 11 is 6.21. The minimum atomic E-state index is -0.124. The number of aromatic nitrogens is 3. The van der Waals surface area contributed by atoms with Crippen LogP contribution in [-0.4, -0.2) is 15.0 Å². The van der Waals surface area contributed by atoms with Gasteiger partial charge in [-0.25, -0.2) is 4.98 Å². The normalized spacial score (nSPS) is 14.5. The number of halogens is 1. The van der Waals surface area contributed by atoms with Crippen LogP contribution in [0.3, 0.4) is 0 Å². The fourth-order valence-corrected chi connectivity index (χ4v) is 2.74. The topological polar surface area (TPSA) is 58.6 Å². The van der Waals surface area contributed by atoms with E-state index in [1.165, 1.54) is 0 Å². The summed E-state index contributed by atoms with van der Waals surface area (Å²) < 4.78 is 0. The lowest BCUT2D eigenvalue weighted by atomic mass is 10.1. The summed E-state index contributed by atoms with van der Waals surface area (Å²) in [4.78, 5) is 23.7. The Morgan fingerprint density at radius 2 is 2.10 bits per heavy atom. The lowest BCUT2D eigenvalue weighted by Gasteiger charge is -2.07. The summed E-state index contributed by atoms with van der Waals surface area (Å²) in [6.45, 7) is 0. The number of benzene rings is 1. The lowest BCUT2D eigenvalue weighted by Crippen LogP contribution is -2.10. The molecule has 1 aromatic carbocycles. The van der Waals surface area contributed by atoms with Crippen molar-refractivity contribution in [3.8, 4) is 11.4 Å². The Balaban J connectivity index is 1.98. The van der Waals surface area contributed by atoms with Crippen LogP contribution in [-0.2, 0) is 0 Å². The van der Waals surface area contributed by atoms with Gasteiger partial charge in [-0.1, -0.05) is 11.6 Å². The number of nitrogens with zero attached hydrogens (tertiary/aromatic N) is 2. The van der Waals surface area contributed by atoms with Gasteiger partial charge in [0.15, 0.2) is 0 Å². The first-order chi connectivity index (χ1) is 10.2. The van der Waals surface area contributed by atoms with Crippen LogP contribution in [0.4, 0.5) is 0 Å². The molecule has 104 valence electrons. The summed E-state index contributed by atoms with van der Waals surface area (Å²) in [5, 5.41) is 1.50. The van der Waals surface area contributed by atoms with E-state index in [4.69, 9.17) is 11.6 Å². The second kappa shape index (κ2) is 4.67. The first-order valence-corrected chi connectivity index (χ1v) is 7.25. The van der Waals surface area contributed by atoms with Crippen molar-refractivity contribution in [1.29, 1.82) is 0 Å². The molecule has 3 aromatic rings. The van der Waals surface area contributed by atoms with E-state index in [0.717, 1.165) is 35.0 Å². The Kier molecular flexibility index (Phi) is 2.79. The Morgan fingerprint density at radius 3 is 2.90 bits per heavy atom. The number of hydrogen-bond donors (Lipinski definition) is 1. The zero-order valence-corrected chi connectivity index (χ0v) is 11.9. The van der Waals surface area contributed by atoms with E-state index in [0.29, 0.717) is 16.8 Å². The smallest absolute Gasteiger partial charge is 0.251 e. The Bertz CT molecular complexity index is 899. The second-order valence-electron chi connectivity index (χ2n) is 5.29. The molecule has 0 radical (unpaired) electrons. The van der Waals surface area contributed by atoms with Crippen LogP contribution in [0.5, 0.6) is 0 Å². The summed E-state index contributed by atoms with van der Waals surface area (Å²) in [6.07, 6.45) is 3.93. The molecule has 1 aliphatic carbocycles. The van der Waals surface area contributed by atoms with Crippen LogP contribution >= 0.6 is 11.6 Å². The number of fused-ring (bicyclic) bond motifs is 1. The van der Waals surface area contributed by atoms with E-state index < -0.39 is 0 Å². The van der Waals surface area contributed by atoms with Gasteiger partial charge in [-0.2, -0.15) is 0 Å². The van der Waals surface area contributed by atoms with Crippen molar-refractivity contribution in [1.82, 2.24) is 15.0 Å². The van der Waals surface area contributed by atoms with E-state index in [-0.39, 0.29) is 5.56 Å². The third kappa shape index (κ3) is 2.21. The average molecular weight is 298 g/mol. The summed E-state index contributed by atoms with van der Waals surface area (Å²) in [5.74, 6) is 0.988. The largest absolute Gasteiger partial charge is 0.306 e. The number of hydrogen-bond acceptors (Lipinski definition) is 3. The van der Waals surface area contributed by atoms with Gasteiger partial charge in [-0.15, -0.1) is 0 Å². The first-order valence-electron chi connectivity index (χ1n) is 6.87. The fourth-order valence-electron chi connectivity index (χ4n) is 2.52. The van der Waals surface area contributed by atoms with Crippen molar-refractivity contribution in [2.24, 2.45) is 0 Å². The quantitative estimate of drug-likeness (QED) is 0.787. The molecule has 0 aliphatic heterocycles. The Labute approximate surface area is 125 Å². The standard InChI is InChI=1S/C16H12ClN3O/c17-12-6-5-11(15-10(12)2-1-7-18-15)16-19-13(9-3-4-9)8-14(21)20-16/h1-2,5-9H,3-4H2,(H,19,20,21). The minimum absolute atomic E-state index is 0.124. The van der Waals surface area contributed by atoms with Crippen molar-refractivity contribution in [2.75, 3.05) is 0 Å². The van der Waals surface area contributed by atoms with Crippen LogP contribution in [0.1, 0.15) is 24.5 Å². The predicted octanol–water partition coefficient (Wildman–Crippen LogP) is 3.52. The number of rotatable bonds is 2. The first kappa shape index (κ1) is 12.5. The monoisotopic (exact) mass is 297 g/mol. The highest BCUT2D eigenvalue weighted by Crippen LogP contribution is 2.39. The van der Waals surface area contributed by atoms with Crippen LogP contribution in [0.2, 0.25) is 5.02 Å². The molecule has 2 aromatic heterocycles. The van der Waals surface area contributed by atoms with Crippen molar-refractivity contribution in [3.05, 3.63) is 57.6 Å². The van der Waals surface area contributed by atoms with Crippen LogP contribution in [0.25, 0.3) is 22.3 Å². The van der Waals surface area contributed by atoms with Gasteiger partial charge < -0.3 is 4.98 Å². The highest BCUT2D eigenvalue weighted by molar-refractivity contribution is 6.35. The van der Waals surface area contributed by atoms with Gasteiger partial charge in [0.1, 0.15) is 5.82 Å². The predicted molar refractivity (Wildman–Crippen MR) is 82.6 cm³/mol. The van der Waals surface area contributed by atoms with E-state index in [1.54, 1.807) is 12.3 Å². The molecule has 1 fully saturated rings. The van der Waals surface area contributed by atoms with Gasteiger partial charge in [0, 0.05) is 29.1 Å². The number of aromatic amines is 1. The van der Waals surface area contributed by atoms with E-state index in [9.17, 15) is 4.79 Å². The molecule has 0 bridgehead atoms.